The van der Waals surface area contributed by atoms with E-state index in [-0.39, 0.29) is 17.5 Å². The van der Waals surface area contributed by atoms with Crippen LogP contribution in [0.3, 0.4) is 0 Å². The fourth-order valence-electron chi connectivity index (χ4n) is 1.66. The maximum atomic E-state index is 11.9. The number of carbonyl (C=O) groups is 2. The number of unbranched alkanes of at least 4 members (excludes halogenated alkanes) is 1. The lowest BCUT2D eigenvalue weighted by atomic mass is 10.2. The third-order valence-electron chi connectivity index (χ3n) is 2.92. The van der Waals surface area contributed by atoms with Gasteiger partial charge in [0.05, 0.1) is 0 Å². The van der Waals surface area contributed by atoms with Crippen LogP contribution in [0.15, 0.2) is 18.3 Å². The van der Waals surface area contributed by atoms with Crippen LogP contribution in [0.1, 0.15) is 40.6 Å². The van der Waals surface area contributed by atoms with Crippen LogP contribution in [-0.4, -0.2) is 55.4 Å². The summed E-state index contributed by atoms with van der Waals surface area (Å²) in [6.45, 7) is 4.00. The summed E-state index contributed by atoms with van der Waals surface area (Å²) < 4.78 is 0. The average Bonchev–Trinajstić information content (AvgIpc) is 2.47. The number of hydrogen-bond donors (Lipinski definition) is 2. The van der Waals surface area contributed by atoms with E-state index in [0.29, 0.717) is 18.7 Å². The predicted molar refractivity (Wildman–Crippen MR) is 82.4 cm³/mol. The summed E-state index contributed by atoms with van der Waals surface area (Å²) in [5, 5.41) is 5.59. The Labute approximate surface area is 125 Å². The molecule has 0 unspecified atom stereocenters. The first-order chi connectivity index (χ1) is 10.0. The molecule has 6 nitrogen and oxygen atoms in total. The Kier molecular flexibility index (Phi) is 7.39. The number of hydrogen-bond acceptors (Lipinski definition) is 4. The third-order valence-corrected chi connectivity index (χ3v) is 2.92. The van der Waals surface area contributed by atoms with E-state index in [1.165, 1.54) is 12.3 Å². The molecule has 1 rings (SSSR count). The van der Waals surface area contributed by atoms with Crippen molar-refractivity contribution in [3.63, 3.8) is 0 Å². The van der Waals surface area contributed by atoms with Crippen molar-refractivity contribution in [2.45, 2.75) is 19.8 Å². The molecule has 0 fully saturated rings. The van der Waals surface area contributed by atoms with Crippen molar-refractivity contribution in [3.05, 3.63) is 29.6 Å². The second kappa shape index (κ2) is 9.07. The van der Waals surface area contributed by atoms with Crippen molar-refractivity contribution in [2.75, 3.05) is 33.7 Å². The molecule has 0 aliphatic heterocycles. The first-order valence-corrected chi connectivity index (χ1v) is 7.21. The summed E-state index contributed by atoms with van der Waals surface area (Å²) in [5.41, 5.74) is 0.718. The summed E-state index contributed by atoms with van der Waals surface area (Å²) in [6.07, 6.45) is 3.44. The molecular weight excluding hydrogens is 268 g/mol. The second-order valence-electron chi connectivity index (χ2n) is 5.10. The fourth-order valence-corrected chi connectivity index (χ4v) is 1.66. The number of pyridine rings is 1. The molecule has 0 aliphatic carbocycles. The first-order valence-electron chi connectivity index (χ1n) is 7.21. The van der Waals surface area contributed by atoms with Gasteiger partial charge < -0.3 is 15.5 Å². The van der Waals surface area contributed by atoms with Gasteiger partial charge in [0, 0.05) is 31.4 Å². The third kappa shape index (κ3) is 6.35. The smallest absolute Gasteiger partial charge is 0.269 e. The molecule has 6 heteroatoms. The standard InChI is InChI=1S/C15H24N4O2/c1-4-5-7-17-14(20)12-6-8-16-13(11-12)15(21)18-9-10-19(2)3/h6,8,11H,4-5,7,9-10H2,1-3H3,(H,17,20)(H,18,21). The number of rotatable bonds is 8. The predicted octanol–water partition coefficient (Wildman–Crippen LogP) is 0.903. The summed E-state index contributed by atoms with van der Waals surface area (Å²) in [7, 11) is 3.87. The van der Waals surface area contributed by atoms with Gasteiger partial charge in [0.2, 0.25) is 0 Å². The van der Waals surface area contributed by atoms with Crippen LogP contribution in [0.25, 0.3) is 0 Å². The Balaban J connectivity index is 2.58. The molecule has 0 aliphatic rings. The Bertz CT molecular complexity index is 474. The lowest BCUT2D eigenvalue weighted by Gasteiger charge is -2.10. The van der Waals surface area contributed by atoms with Gasteiger partial charge >= 0.3 is 0 Å². The quantitative estimate of drug-likeness (QED) is 0.698. The van der Waals surface area contributed by atoms with Gasteiger partial charge in [0.1, 0.15) is 5.69 Å². The zero-order valence-electron chi connectivity index (χ0n) is 13.0. The zero-order valence-corrected chi connectivity index (χ0v) is 13.0. The van der Waals surface area contributed by atoms with Crippen molar-refractivity contribution in [3.8, 4) is 0 Å². The van der Waals surface area contributed by atoms with E-state index < -0.39 is 0 Å². The number of nitrogens with zero attached hydrogens (tertiary/aromatic N) is 2. The van der Waals surface area contributed by atoms with E-state index in [4.69, 9.17) is 0 Å². The minimum atomic E-state index is -0.264. The summed E-state index contributed by atoms with van der Waals surface area (Å²) in [4.78, 5) is 29.8. The van der Waals surface area contributed by atoms with E-state index in [9.17, 15) is 9.59 Å². The van der Waals surface area contributed by atoms with Crippen LogP contribution in [0.4, 0.5) is 0 Å². The summed E-state index contributed by atoms with van der Waals surface area (Å²) >= 11 is 0. The monoisotopic (exact) mass is 292 g/mol. The van der Waals surface area contributed by atoms with E-state index in [2.05, 4.69) is 22.5 Å². The van der Waals surface area contributed by atoms with Gasteiger partial charge in [-0.05, 0) is 32.6 Å². The molecule has 0 aromatic carbocycles. The molecule has 21 heavy (non-hydrogen) atoms. The van der Waals surface area contributed by atoms with E-state index in [1.807, 2.05) is 19.0 Å². The van der Waals surface area contributed by atoms with Crippen molar-refractivity contribution in [1.29, 1.82) is 0 Å². The van der Waals surface area contributed by atoms with Gasteiger partial charge in [-0.1, -0.05) is 13.3 Å². The minimum Gasteiger partial charge on any atom is -0.352 e. The van der Waals surface area contributed by atoms with Gasteiger partial charge in [0.15, 0.2) is 0 Å². The Morgan fingerprint density at radius 1 is 1.19 bits per heavy atom. The molecule has 1 aromatic heterocycles. The molecule has 0 radical (unpaired) electrons. The molecule has 0 spiro atoms. The highest BCUT2D eigenvalue weighted by Crippen LogP contribution is 2.02. The number of amides is 2. The molecule has 0 bridgehead atoms. The maximum absolute atomic E-state index is 11.9. The molecular formula is C15H24N4O2. The van der Waals surface area contributed by atoms with Gasteiger partial charge in [-0.15, -0.1) is 0 Å². The maximum Gasteiger partial charge on any atom is 0.269 e. The Morgan fingerprint density at radius 3 is 2.57 bits per heavy atom. The average molecular weight is 292 g/mol. The second-order valence-corrected chi connectivity index (χ2v) is 5.10. The summed E-state index contributed by atoms with van der Waals surface area (Å²) in [6, 6.07) is 3.13. The zero-order chi connectivity index (χ0) is 15.7. The van der Waals surface area contributed by atoms with Gasteiger partial charge in [0.25, 0.3) is 11.8 Å². The molecule has 0 saturated carbocycles. The lowest BCUT2D eigenvalue weighted by Crippen LogP contribution is -2.32. The molecule has 116 valence electrons. The topological polar surface area (TPSA) is 74.3 Å². The molecule has 0 saturated heterocycles. The molecule has 2 amide bonds. The summed E-state index contributed by atoms with van der Waals surface area (Å²) in [5.74, 6) is -0.437. The Hall–Kier alpha value is -1.95. The number of nitrogens with one attached hydrogen (secondary N) is 2. The van der Waals surface area contributed by atoms with Crippen molar-refractivity contribution < 1.29 is 9.59 Å². The van der Waals surface area contributed by atoms with Gasteiger partial charge in [-0.25, -0.2) is 0 Å². The fraction of sp³-hybridized carbons (Fsp3) is 0.533. The van der Waals surface area contributed by atoms with Gasteiger partial charge in [-0.3, -0.25) is 14.6 Å². The van der Waals surface area contributed by atoms with E-state index in [0.717, 1.165) is 19.4 Å². The Morgan fingerprint density at radius 2 is 1.90 bits per heavy atom. The highest BCUT2D eigenvalue weighted by atomic mass is 16.2. The number of carbonyl (C=O) groups excluding carboxylic acids is 2. The van der Waals surface area contributed by atoms with Gasteiger partial charge in [-0.2, -0.15) is 0 Å². The first kappa shape index (κ1) is 17.1. The molecule has 1 aromatic rings. The largest absolute Gasteiger partial charge is 0.352 e. The van der Waals surface area contributed by atoms with Crippen LogP contribution in [0.5, 0.6) is 0 Å². The van der Waals surface area contributed by atoms with Crippen LogP contribution in [0, 0.1) is 0 Å². The molecule has 2 N–H and O–H groups in total. The van der Waals surface area contributed by atoms with Crippen LogP contribution in [0.2, 0.25) is 0 Å². The van der Waals surface area contributed by atoms with E-state index in [1.54, 1.807) is 6.07 Å². The lowest BCUT2D eigenvalue weighted by molar-refractivity contribution is 0.0946. The van der Waals surface area contributed by atoms with Crippen molar-refractivity contribution in [2.24, 2.45) is 0 Å². The van der Waals surface area contributed by atoms with E-state index >= 15 is 0 Å². The number of likely N-dealkylation sites (N-methyl/N-ethyl adjacent to an activating group) is 1. The highest BCUT2D eigenvalue weighted by Gasteiger charge is 2.11. The highest BCUT2D eigenvalue weighted by molar-refractivity contribution is 5.98. The number of aromatic nitrogens is 1. The van der Waals surface area contributed by atoms with Crippen LogP contribution < -0.4 is 10.6 Å². The molecule has 1 heterocycles. The van der Waals surface area contributed by atoms with Crippen molar-refractivity contribution >= 4 is 11.8 Å². The SMILES string of the molecule is CCCCNC(=O)c1ccnc(C(=O)NCCN(C)C)c1. The van der Waals surface area contributed by atoms with Crippen LogP contribution >= 0.6 is 0 Å². The molecule has 0 atom stereocenters. The normalized spacial score (nSPS) is 10.5. The van der Waals surface area contributed by atoms with Crippen molar-refractivity contribution in [1.82, 2.24) is 20.5 Å². The van der Waals surface area contributed by atoms with Crippen LogP contribution in [-0.2, 0) is 0 Å². The minimum absolute atomic E-state index is 0.173.